The van der Waals surface area contributed by atoms with Crippen molar-refractivity contribution in [3.8, 4) is 11.5 Å². The molecule has 0 saturated heterocycles. The van der Waals surface area contributed by atoms with Crippen molar-refractivity contribution in [3.05, 3.63) is 50.5 Å². The number of carbonyl (C=O) groups is 1. The van der Waals surface area contributed by atoms with Crippen LogP contribution in [0.5, 0.6) is 11.5 Å². The molecule has 0 N–H and O–H groups in total. The number of thiophene rings is 1. The molecule has 5 nitrogen and oxygen atoms in total. The highest BCUT2D eigenvalue weighted by molar-refractivity contribution is 7.12. The highest BCUT2D eigenvalue weighted by Crippen LogP contribution is 2.34. The Morgan fingerprint density at radius 3 is 2.78 bits per heavy atom. The number of nitro benzene ring substituents is 1. The predicted molar refractivity (Wildman–Crippen MR) is 62.8 cm³/mol. The molecule has 0 bridgehead atoms. The molecule has 1 aromatic carbocycles. The fourth-order valence-electron chi connectivity index (χ4n) is 1.32. The van der Waals surface area contributed by atoms with Crippen LogP contribution in [0, 0.1) is 15.9 Å². The minimum atomic E-state index is -0.745. The molecule has 0 aliphatic heterocycles. The quantitative estimate of drug-likeness (QED) is 0.483. The fraction of sp³-hybridized carbons (Fsp3) is 0. The van der Waals surface area contributed by atoms with Gasteiger partial charge in [0, 0.05) is 0 Å². The molecule has 0 aliphatic rings. The molecular weight excluding hydrogens is 261 g/mol. The van der Waals surface area contributed by atoms with Crippen molar-refractivity contribution in [2.75, 3.05) is 0 Å². The molecule has 1 aromatic heterocycles. The summed E-state index contributed by atoms with van der Waals surface area (Å²) in [5.41, 5.74) is -0.488. The van der Waals surface area contributed by atoms with Crippen LogP contribution in [0.3, 0.4) is 0 Å². The van der Waals surface area contributed by atoms with Gasteiger partial charge >= 0.3 is 5.69 Å². The minimum absolute atomic E-state index is 0.108. The zero-order valence-corrected chi connectivity index (χ0v) is 9.65. The summed E-state index contributed by atoms with van der Waals surface area (Å²) in [6.07, 6.45) is 0.593. The molecular formula is C11H6FNO4S. The van der Waals surface area contributed by atoms with E-state index in [2.05, 4.69) is 0 Å². The lowest BCUT2D eigenvalue weighted by Gasteiger charge is -2.04. The second kappa shape index (κ2) is 4.92. The molecule has 7 heteroatoms. The number of ether oxygens (including phenoxy) is 1. The molecule has 0 spiro atoms. The Hall–Kier alpha value is -2.28. The van der Waals surface area contributed by atoms with Crippen molar-refractivity contribution in [1.29, 1.82) is 0 Å². The maximum atomic E-state index is 12.9. The zero-order chi connectivity index (χ0) is 13.1. The molecule has 92 valence electrons. The topological polar surface area (TPSA) is 69.4 Å². The monoisotopic (exact) mass is 267 g/mol. The van der Waals surface area contributed by atoms with Gasteiger partial charge in [0.2, 0.25) is 5.75 Å². The maximum Gasteiger partial charge on any atom is 0.314 e. The van der Waals surface area contributed by atoms with E-state index in [0.29, 0.717) is 11.2 Å². The average Bonchev–Trinajstić information content (AvgIpc) is 2.78. The van der Waals surface area contributed by atoms with E-state index >= 15 is 0 Å². The zero-order valence-electron chi connectivity index (χ0n) is 8.83. The summed E-state index contributed by atoms with van der Waals surface area (Å²) < 4.78 is 18.2. The van der Waals surface area contributed by atoms with E-state index in [4.69, 9.17) is 4.74 Å². The third kappa shape index (κ3) is 2.35. The number of rotatable bonds is 4. The average molecular weight is 267 g/mol. The third-order valence-corrected chi connectivity index (χ3v) is 2.93. The van der Waals surface area contributed by atoms with Crippen LogP contribution in [0.25, 0.3) is 0 Å². The van der Waals surface area contributed by atoms with Crippen LogP contribution < -0.4 is 4.74 Å². The summed E-state index contributed by atoms with van der Waals surface area (Å²) in [5.74, 6) is -0.623. The molecule has 0 radical (unpaired) electrons. The Morgan fingerprint density at radius 1 is 1.33 bits per heavy atom. The molecule has 18 heavy (non-hydrogen) atoms. The Morgan fingerprint density at radius 2 is 2.11 bits per heavy atom. The van der Waals surface area contributed by atoms with Crippen LogP contribution in [0.4, 0.5) is 10.1 Å². The number of hydrogen-bond donors (Lipinski definition) is 0. The van der Waals surface area contributed by atoms with Gasteiger partial charge in [0.15, 0.2) is 6.29 Å². The highest BCUT2D eigenvalue weighted by atomic mass is 32.1. The molecule has 0 unspecified atom stereocenters. The van der Waals surface area contributed by atoms with E-state index in [0.717, 1.165) is 29.5 Å². The Kier molecular flexibility index (Phi) is 3.33. The molecule has 0 aliphatic carbocycles. The van der Waals surface area contributed by atoms with Gasteiger partial charge in [-0.25, -0.2) is 4.39 Å². The maximum absolute atomic E-state index is 12.9. The van der Waals surface area contributed by atoms with Gasteiger partial charge in [0.05, 0.1) is 11.0 Å². The SMILES string of the molecule is O=Cc1sccc1Oc1ccc(F)cc1[N+](=O)[O-]. The van der Waals surface area contributed by atoms with Crippen molar-refractivity contribution >= 4 is 23.3 Å². The molecule has 2 rings (SSSR count). The number of hydrogen-bond acceptors (Lipinski definition) is 5. The van der Waals surface area contributed by atoms with Crippen LogP contribution in [-0.2, 0) is 0 Å². The minimum Gasteiger partial charge on any atom is -0.448 e. The van der Waals surface area contributed by atoms with E-state index in [1.165, 1.54) is 6.07 Å². The summed E-state index contributed by atoms with van der Waals surface area (Å²) in [7, 11) is 0. The van der Waals surface area contributed by atoms with E-state index in [-0.39, 0.29) is 11.5 Å². The molecule has 2 aromatic rings. The molecule has 0 amide bonds. The lowest BCUT2D eigenvalue weighted by Crippen LogP contribution is -1.94. The predicted octanol–water partition coefficient (Wildman–Crippen LogP) is 3.40. The Balaban J connectivity index is 2.40. The number of benzene rings is 1. The molecule has 0 saturated carbocycles. The van der Waals surface area contributed by atoms with Crippen LogP contribution in [0.2, 0.25) is 0 Å². The normalized spacial score (nSPS) is 10.1. The summed E-state index contributed by atoms with van der Waals surface area (Å²) >= 11 is 1.15. The standard InChI is InChI=1S/C11H6FNO4S/c12-7-1-2-9(8(5-7)13(15)16)17-10-3-4-18-11(10)6-14/h1-6H. The number of aldehydes is 1. The lowest BCUT2D eigenvalue weighted by molar-refractivity contribution is -0.385. The van der Waals surface area contributed by atoms with Crippen LogP contribution in [-0.4, -0.2) is 11.2 Å². The summed E-state index contributed by atoms with van der Waals surface area (Å²) in [6.45, 7) is 0. The first-order valence-corrected chi connectivity index (χ1v) is 5.64. The first kappa shape index (κ1) is 12.2. The van der Waals surface area contributed by atoms with Crippen molar-refractivity contribution in [2.45, 2.75) is 0 Å². The molecule has 0 atom stereocenters. The Labute approximate surface area is 105 Å². The smallest absolute Gasteiger partial charge is 0.314 e. The van der Waals surface area contributed by atoms with Gasteiger partial charge in [-0.3, -0.25) is 14.9 Å². The summed E-state index contributed by atoms with van der Waals surface area (Å²) in [6, 6.07) is 4.48. The van der Waals surface area contributed by atoms with Crippen LogP contribution in [0.1, 0.15) is 9.67 Å². The number of nitrogens with zero attached hydrogens (tertiary/aromatic N) is 1. The summed E-state index contributed by atoms with van der Waals surface area (Å²) in [4.78, 5) is 21.0. The van der Waals surface area contributed by atoms with Crippen molar-refractivity contribution in [2.24, 2.45) is 0 Å². The molecule has 1 heterocycles. The Bertz CT molecular complexity index is 611. The van der Waals surface area contributed by atoms with Gasteiger partial charge in [-0.2, -0.15) is 0 Å². The van der Waals surface area contributed by atoms with Gasteiger partial charge in [-0.15, -0.1) is 11.3 Å². The second-order valence-corrected chi connectivity index (χ2v) is 4.19. The van der Waals surface area contributed by atoms with E-state index in [1.807, 2.05) is 0 Å². The first-order chi connectivity index (χ1) is 8.61. The summed E-state index contributed by atoms with van der Waals surface area (Å²) in [5, 5.41) is 12.4. The van der Waals surface area contributed by atoms with Gasteiger partial charge < -0.3 is 4.74 Å². The van der Waals surface area contributed by atoms with Crippen molar-refractivity contribution < 1.29 is 18.8 Å². The van der Waals surface area contributed by atoms with E-state index in [9.17, 15) is 19.3 Å². The number of halogens is 1. The van der Waals surface area contributed by atoms with Gasteiger partial charge in [0.1, 0.15) is 16.4 Å². The largest absolute Gasteiger partial charge is 0.448 e. The van der Waals surface area contributed by atoms with E-state index in [1.54, 1.807) is 5.38 Å². The first-order valence-electron chi connectivity index (χ1n) is 4.76. The number of carbonyl (C=O) groups excluding carboxylic acids is 1. The second-order valence-electron chi connectivity index (χ2n) is 3.24. The van der Waals surface area contributed by atoms with Crippen LogP contribution >= 0.6 is 11.3 Å². The van der Waals surface area contributed by atoms with Crippen molar-refractivity contribution in [3.63, 3.8) is 0 Å². The van der Waals surface area contributed by atoms with Gasteiger partial charge in [-0.05, 0) is 23.6 Å². The van der Waals surface area contributed by atoms with Gasteiger partial charge in [-0.1, -0.05) is 0 Å². The van der Waals surface area contributed by atoms with Crippen molar-refractivity contribution in [1.82, 2.24) is 0 Å². The van der Waals surface area contributed by atoms with E-state index < -0.39 is 16.4 Å². The number of nitro groups is 1. The highest BCUT2D eigenvalue weighted by Gasteiger charge is 2.18. The third-order valence-electron chi connectivity index (χ3n) is 2.10. The lowest BCUT2D eigenvalue weighted by atomic mass is 10.3. The fourth-order valence-corrected chi connectivity index (χ4v) is 1.94. The van der Waals surface area contributed by atoms with Gasteiger partial charge in [0.25, 0.3) is 0 Å². The molecule has 0 fully saturated rings. The van der Waals surface area contributed by atoms with Crippen LogP contribution in [0.15, 0.2) is 29.6 Å².